The first kappa shape index (κ1) is 17.9. The van der Waals surface area contributed by atoms with E-state index in [-0.39, 0.29) is 6.10 Å². The van der Waals surface area contributed by atoms with Gasteiger partial charge >= 0.3 is 0 Å². The zero-order chi connectivity index (χ0) is 18.6. The van der Waals surface area contributed by atoms with Crippen molar-refractivity contribution in [3.05, 3.63) is 36.8 Å². The molecule has 1 aliphatic heterocycles. The molecule has 3 aromatic rings. The fourth-order valence-corrected chi connectivity index (χ4v) is 3.10. The van der Waals surface area contributed by atoms with Crippen LogP contribution < -0.4 is 10.1 Å². The van der Waals surface area contributed by atoms with Crippen LogP contribution in [0.2, 0.25) is 0 Å². The standard InChI is InChI=1S/C20H25N5O2/c1-14(2)25-12-15(10-23-25)18-9-19-17(5-3-7-22-19)20(24-18)27-13-16-11-21-6-4-8-26-16/h3,5,7,9-10,12,14,16,21H,4,6,8,11,13H2,1-2H3/t16-/m0/s1. The lowest BCUT2D eigenvalue weighted by Gasteiger charge is -2.16. The number of nitrogens with one attached hydrogen (secondary N) is 1. The molecule has 3 aromatic heterocycles. The second-order valence-corrected chi connectivity index (χ2v) is 7.05. The van der Waals surface area contributed by atoms with Gasteiger partial charge in [0.1, 0.15) is 12.7 Å². The number of rotatable bonds is 5. The molecule has 1 saturated heterocycles. The molecule has 142 valence electrons. The summed E-state index contributed by atoms with van der Waals surface area (Å²) >= 11 is 0. The van der Waals surface area contributed by atoms with E-state index in [1.165, 1.54) is 0 Å². The Kier molecular flexibility index (Phi) is 5.31. The van der Waals surface area contributed by atoms with Crippen LogP contribution in [-0.4, -0.2) is 52.2 Å². The van der Waals surface area contributed by atoms with E-state index in [1.54, 1.807) is 6.20 Å². The Morgan fingerprint density at radius 3 is 3.19 bits per heavy atom. The average molecular weight is 367 g/mol. The number of hydrogen-bond donors (Lipinski definition) is 1. The molecule has 4 rings (SSSR count). The van der Waals surface area contributed by atoms with E-state index >= 15 is 0 Å². The summed E-state index contributed by atoms with van der Waals surface area (Å²) in [5, 5.41) is 8.69. The Balaban J connectivity index is 1.63. The summed E-state index contributed by atoms with van der Waals surface area (Å²) in [4.78, 5) is 9.25. The van der Waals surface area contributed by atoms with Gasteiger partial charge in [0.05, 0.1) is 22.8 Å². The molecule has 0 aliphatic carbocycles. The number of fused-ring (bicyclic) bond motifs is 1. The smallest absolute Gasteiger partial charge is 0.223 e. The molecule has 1 aliphatic rings. The SMILES string of the molecule is CC(C)n1cc(-c2cc3ncccc3c(OC[C@@H]3CNCCCO3)n2)cn1. The highest BCUT2D eigenvalue weighted by Crippen LogP contribution is 2.28. The molecular weight excluding hydrogens is 342 g/mol. The van der Waals surface area contributed by atoms with E-state index in [1.807, 2.05) is 35.3 Å². The number of aromatic nitrogens is 4. The first-order valence-corrected chi connectivity index (χ1v) is 9.46. The molecule has 7 nitrogen and oxygen atoms in total. The molecule has 7 heteroatoms. The molecule has 1 N–H and O–H groups in total. The molecule has 0 aromatic carbocycles. The maximum atomic E-state index is 6.09. The fraction of sp³-hybridized carbons (Fsp3) is 0.450. The van der Waals surface area contributed by atoms with E-state index in [4.69, 9.17) is 14.5 Å². The van der Waals surface area contributed by atoms with Crippen LogP contribution in [0.4, 0.5) is 0 Å². The van der Waals surface area contributed by atoms with Crippen molar-refractivity contribution in [1.82, 2.24) is 25.1 Å². The van der Waals surface area contributed by atoms with E-state index < -0.39 is 0 Å². The summed E-state index contributed by atoms with van der Waals surface area (Å²) in [7, 11) is 0. The highest BCUT2D eigenvalue weighted by atomic mass is 16.5. The quantitative estimate of drug-likeness (QED) is 0.747. The molecule has 0 unspecified atom stereocenters. The molecule has 4 heterocycles. The van der Waals surface area contributed by atoms with Gasteiger partial charge in [0.2, 0.25) is 5.88 Å². The maximum Gasteiger partial charge on any atom is 0.223 e. The summed E-state index contributed by atoms with van der Waals surface area (Å²) in [6, 6.07) is 6.16. The summed E-state index contributed by atoms with van der Waals surface area (Å²) in [5.41, 5.74) is 2.62. The van der Waals surface area contributed by atoms with Crippen molar-refractivity contribution in [2.75, 3.05) is 26.3 Å². The van der Waals surface area contributed by atoms with Gasteiger partial charge in [-0.25, -0.2) is 4.98 Å². The van der Waals surface area contributed by atoms with Crippen LogP contribution in [-0.2, 0) is 4.74 Å². The lowest BCUT2D eigenvalue weighted by molar-refractivity contribution is 0.0317. The van der Waals surface area contributed by atoms with Gasteiger partial charge in [-0.15, -0.1) is 0 Å². The van der Waals surface area contributed by atoms with Crippen LogP contribution in [0, 0.1) is 0 Å². The molecule has 0 spiro atoms. The molecule has 0 saturated carbocycles. The van der Waals surface area contributed by atoms with Crippen molar-refractivity contribution in [1.29, 1.82) is 0 Å². The predicted molar refractivity (Wildman–Crippen MR) is 104 cm³/mol. The predicted octanol–water partition coefficient (Wildman–Crippen LogP) is 2.83. The number of nitrogens with zero attached hydrogens (tertiary/aromatic N) is 4. The second kappa shape index (κ2) is 8.02. The van der Waals surface area contributed by atoms with Crippen molar-refractivity contribution < 1.29 is 9.47 Å². The van der Waals surface area contributed by atoms with Crippen LogP contribution in [0.15, 0.2) is 36.8 Å². The van der Waals surface area contributed by atoms with Crippen LogP contribution in [0.1, 0.15) is 26.3 Å². The van der Waals surface area contributed by atoms with Crippen LogP contribution in [0.3, 0.4) is 0 Å². The molecule has 0 radical (unpaired) electrons. The molecule has 0 amide bonds. The fourth-order valence-electron chi connectivity index (χ4n) is 3.10. The molecule has 0 bridgehead atoms. The van der Waals surface area contributed by atoms with E-state index in [0.717, 1.165) is 48.3 Å². The largest absolute Gasteiger partial charge is 0.474 e. The Morgan fingerprint density at radius 1 is 1.41 bits per heavy atom. The zero-order valence-corrected chi connectivity index (χ0v) is 15.8. The summed E-state index contributed by atoms with van der Waals surface area (Å²) in [5.74, 6) is 0.584. The minimum absolute atomic E-state index is 0.0216. The lowest BCUT2D eigenvalue weighted by Crippen LogP contribution is -2.31. The van der Waals surface area contributed by atoms with Gasteiger partial charge in [-0.3, -0.25) is 9.67 Å². The summed E-state index contributed by atoms with van der Waals surface area (Å²) in [6.45, 7) is 7.18. The van der Waals surface area contributed by atoms with Gasteiger partial charge < -0.3 is 14.8 Å². The molecule has 27 heavy (non-hydrogen) atoms. The Bertz CT molecular complexity index is 900. The second-order valence-electron chi connectivity index (χ2n) is 7.05. The minimum atomic E-state index is 0.0216. The first-order chi connectivity index (χ1) is 13.2. The van der Waals surface area contributed by atoms with Crippen molar-refractivity contribution in [2.24, 2.45) is 0 Å². The lowest BCUT2D eigenvalue weighted by atomic mass is 10.2. The van der Waals surface area contributed by atoms with Crippen molar-refractivity contribution >= 4 is 10.9 Å². The normalized spacial score (nSPS) is 18.0. The molecular formula is C20H25N5O2. The van der Waals surface area contributed by atoms with Crippen molar-refractivity contribution in [3.8, 4) is 17.1 Å². The van der Waals surface area contributed by atoms with Gasteiger partial charge in [0, 0.05) is 37.2 Å². The number of pyridine rings is 2. The van der Waals surface area contributed by atoms with Crippen LogP contribution >= 0.6 is 0 Å². The summed E-state index contributed by atoms with van der Waals surface area (Å²) in [6.07, 6.45) is 6.67. The average Bonchev–Trinajstić information content (AvgIpc) is 3.04. The van der Waals surface area contributed by atoms with Gasteiger partial charge in [-0.05, 0) is 45.0 Å². The van der Waals surface area contributed by atoms with Crippen LogP contribution in [0.25, 0.3) is 22.2 Å². The molecule has 1 fully saturated rings. The Labute approximate surface area is 158 Å². The zero-order valence-electron chi connectivity index (χ0n) is 15.8. The number of ether oxygens (including phenoxy) is 2. The third kappa shape index (κ3) is 4.09. The van der Waals surface area contributed by atoms with E-state index in [0.29, 0.717) is 18.5 Å². The Hall–Kier alpha value is -2.51. The van der Waals surface area contributed by atoms with E-state index in [9.17, 15) is 0 Å². The maximum absolute atomic E-state index is 6.09. The van der Waals surface area contributed by atoms with Gasteiger partial charge in [0.15, 0.2) is 0 Å². The van der Waals surface area contributed by atoms with Crippen LogP contribution in [0.5, 0.6) is 5.88 Å². The topological polar surface area (TPSA) is 74.1 Å². The number of hydrogen-bond acceptors (Lipinski definition) is 6. The first-order valence-electron chi connectivity index (χ1n) is 9.46. The van der Waals surface area contributed by atoms with Gasteiger partial charge in [-0.2, -0.15) is 5.10 Å². The van der Waals surface area contributed by atoms with E-state index in [2.05, 4.69) is 29.2 Å². The monoisotopic (exact) mass is 367 g/mol. The highest BCUT2D eigenvalue weighted by molar-refractivity contribution is 5.86. The highest BCUT2D eigenvalue weighted by Gasteiger charge is 2.16. The van der Waals surface area contributed by atoms with Crippen molar-refractivity contribution in [3.63, 3.8) is 0 Å². The molecule has 1 atom stereocenters. The third-order valence-electron chi connectivity index (χ3n) is 4.62. The third-order valence-corrected chi connectivity index (χ3v) is 4.62. The Morgan fingerprint density at radius 2 is 2.33 bits per heavy atom. The summed E-state index contributed by atoms with van der Waals surface area (Å²) < 4.78 is 13.8. The van der Waals surface area contributed by atoms with Crippen molar-refractivity contribution in [2.45, 2.75) is 32.4 Å². The van der Waals surface area contributed by atoms with Gasteiger partial charge in [0.25, 0.3) is 0 Å². The minimum Gasteiger partial charge on any atom is -0.474 e. The van der Waals surface area contributed by atoms with Gasteiger partial charge in [-0.1, -0.05) is 0 Å².